The van der Waals surface area contributed by atoms with E-state index in [4.69, 9.17) is 10.2 Å². The summed E-state index contributed by atoms with van der Waals surface area (Å²) in [5, 5.41) is 3.04. The maximum absolute atomic E-state index is 11.8. The Morgan fingerprint density at radius 3 is 2.94 bits per heavy atom. The van der Waals surface area contributed by atoms with Crippen molar-refractivity contribution >= 4 is 34.3 Å². The van der Waals surface area contributed by atoms with E-state index in [1.165, 1.54) is 11.2 Å². The second-order valence-corrected chi connectivity index (χ2v) is 4.13. The Morgan fingerprint density at radius 1 is 1.33 bits per heavy atom. The first-order valence-corrected chi connectivity index (χ1v) is 5.53. The average Bonchev–Trinajstić information content (AvgIpc) is 2.72. The number of carbonyl (C=O) groups excluding carboxylic acids is 2. The summed E-state index contributed by atoms with van der Waals surface area (Å²) in [4.78, 5) is 24.3. The number of nitrogen functional groups attached to an aromatic ring is 1. The highest BCUT2D eigenvalue weighted by molar-refractivity contribution is 6.09. The summed E-state index contributed by atoms with van der Waals surface area (Å²) in [6, 6.07) is 4.80. The molecule has 1 aliphatic rings. The van der Waals surface area contributed by atoms with Crippen molar-refractivity contribution in [2.45, 2.75) is 6.42 Å². The van der Waals surface area contributed by atoms with E-state index in [0.717, 1.165) is 5.39 Å². The number of hydrogen-bond acceptors (Lipinski definition) is 4. The second kappa shape index (κ2) is 3.76. The highest BCUT2D eigenvalue weighted by atomic mass is 16.3. The summed E-state index contributed by atoms with van der Waals surface area (Å²) in [7, 11) is 0. The SMILES string of the molecule is Nc1ccc2occ(N3CCC(=O)NC3=O)c2c1. The number of nitrogens with two attached hydrogens (primary N) is 1. The molecule has 3 amide bonds. The van der Waals surface area contributed by atoms with Crippen LogP contribution in [0.2, 0.25) is 0 Å². The molecule has 3 rings (SSSR count). The number of nitrogens with one attached hydrogen (secondary N) is 1. The minimum Gasteiger partial charge on any atom is -0.462 e. The number of nitrogens with zero attached hydrogens (tertiary/aromatic N) is 1. The standard InChI is InChI=1S/C12H11N3O3/c13-7-1-2-10-8(5-7)9(6-18-10)15-4-3-11(16)14-12(15)17/h1-2,5-6H,3-4,13H2,(H,14,16,17). The molecule has 0 aliphatic carbocycles. The van der Waals surface area contributed by atoms with Crippen molar-refractivity contribution in [1.29, 1.82) is 0 Å². The second-order valence-electron chi connectivity index (χ2n) is 4.13. The molecule has 3 N–H and O–H groups in total. The Morgan fingerprint density at radius 2 is 2.17 bits per heavy atom. The van der Waals surface area contributed by atoms with E-state index in [-0.39, 0.29) is 12.3 Å². The molecule has 0 radical (unpaired) electrons. The lowest BCUT2D eigenvalue weighted by molar-refractivity contribution is -0.120. The smallest absolute Gasteiger partial charge is 0.328 e. The number of urea groups is 1. The van der Waals surface area contributed by atoms with Crippen LogP contribution in [0.4, 0.5) is 16.2 Å². The molecule has 0 unspecified atom stereocenters. The van der Waals surface area contributed by atoms with Crippen LogP contribution in [0.1, 0.15) is 6.42 Å². The lowest BCUT2D eigenvalue weighted by Crippen LogP contribution is -2.49. The third-order valence-corrected chi connectivity index (χ3v) is 2.92. The molecule has 0 spiro atoms. The van der Waals surface area contributed by atoms with Crippen LogP contribution in [0, 0.1) is 0 Å². The van der Waals surface area contributed by atoms with Crippen LogP contribution in [-0.4, -0.2) is 18.5 Å². The highest BCUT2D eigenvalue weighted by Gasteiger charge is 2.26. The Balaban J connectivity index is 2.06. The van der Waals surface area contributed by atoms with Crippen molar-refractivity contribution in [2.24, 2.45) is 0 Å². The van der Waals surface area contributed by atoms with E-state index < -0.39 is 6.03 Å². The van der Waals surface area contributed by atoms with Crippen molar-refractivity contribution in [2.75, 3.05) is 17.2 Å². The van der Waals surface area contributed by atoms with Gasteiger partial charge in [-0.1, -0.05) is 0 Å². The molecule has 1 aromatic carbocycles. The fraction of sp³-hybridized carbons (Fsp3) is 0.167. The summed E-state index contributed by atoms with van der Waals surface area (Å²) in [6.45, 7) is 0.341. The van der Waals surface area contributed by atoms with Gasteiger partial charge in [-0.2, -0.15) is 0 Å². The van der Waals surface area contributed by atoms with E-state index in [2.05, 4.69) is 5.32 Å². The minimum absolute atomic E-state index is 0.261. The molecule has 1 aliphatic heterocycles. The van der Waals surface area contributed by atoms with Crippen LogP contribution < -0.4 is 16.0 Å². The Labute approximate surface area is 102 Å². The van der Waals surface area contributed by atoms with E-state index in [9.17, 15) is 9.59 Å². The third-order valence-electron chi connectivity index (χ3n) is 2.92. The van der Waals surface area contributed by atoms with Gasteiger partial charge in [-0.05, 0) is 18.2 Å². The van der Waals surface area contributed by atoms with Gasteiger partial charge in [-0.15, -0.1) is 0 Å². The van der Waals surface area contributed by atoms with Gasteiger partial charge in [0.15, 0.2) is 0 Å². The first-order valence-electron chi connectivity index (χ1n) is 5.53. The molecule has 0 saturated carbocycles. The monoisotopic (exact) mass is 245 g/mol. The number of fused-ring (bicyclic) bond motifs is 1. The third kappa shape index (κ3) is 1.58. The van der Waals surface area contributed by atoms with Crippen molar-refractivity contribution in [3.05, 3.63) is 24.5 Å². The number of imide groups is 1. The minimum atomic E-state index is -0.434. The lowest BCUT2D eigenvalue weighted by atomic mass is 10.2. The number of anilines is 2. The fourth-order valence-electron chi connectivity index (χ4n) is 2.04. The summed E-state index contributed by atoms with van der Waals surface area (Å²) >= 11 is 0. The first-order chi connectivity index (χ1) is 8.65. The molecule has 1 saturated heterocycles. The predicted molar refractivity (Wildman–Crippen MR) is 66.1 cm³/mol. The van der Waals surface area contributed by atoms with Gasteiger partial charge in [0.05, 0.1) is 5.69 Å². The van der Waals surface area contributed by atoms with E-state index in [0.29, 0.717) is 23.5 Å². The number of amides is 3. The summed E-state index contributed by atoms with van der Waals surface area (Å²) in [5.74, 6) is -0.261. The molecule has 18 heavy (non-hydrogen) atoms. The van der Waals surface area contributed by atoms with Crippen LogP contribution in [-0.2, 0) is 4.79 Å². The Hall–Kier alpha value is -2.50. The molecular formula is C12H11N3O3. The summed E-state index contributed by atoms with van der Waals surface area (Å²) < 4.78 is 5.37. The number of carbonyl (C=O) groups is 2. The number of rotatable bonds is 1. The van der Waals surface area contributed by atoms with Crippen molar-refractivity contribution in [3.8, 4) is 0 Å². The van der Waals surface area contributed by atoms with Crippen LogP contribution in [0.3, 0.4) is 0 Å². The van der Waals surface area contributed by atoms with Gasteiger partial charge in [-0.3, -0.25) is 15.0 Å². The highest BCUT2D eigenvalue weighted by Crippen LogP contribution is 2.31. The lowest BCUT2D eigenvalue weighted by Gasteiger charge is -2.25. The maximum atomic E-state index is 11.8. The van der Waals surface area contributed by atoms with E-state index in [1.54, 1.807) is 18.2 Å². The summed E-state index contributed by atoms with van der Waals surface area (Å²) in [6.07, 6.45) is 1.78. The molecule has 2 heterocycles. The van der Waals surface area contributed by atoms with Crippen molar-refractivity contribution < 1.29 is 14.0 Å². The topological polar surface area (TPSA) is 88.6 Å². The van der Waals surface area contributed by atoms with Gasteiger partial charge in [-0.25, -0.2) is 4.79 Å². The van der Waals surface area contributed by atoms with Gasteiger partial charge < -0.3 is 10.2 Å². The van der Waals surface area contributed by atoms with Crippen molar-refractivity contribution in [3.63, 3.8) is 0 Å². The number of furan rings is 1. The van der Waals surface area contributed by atoms with Gasteiger partial charge in [0.2, 0.25) is 5.91 Å². The van der Waals surface area contributed by atoms with E-state index in [1.807, 2.05) is 0 Å². The molecule has 1 fully saturated rings. The molecule has 92 valence electrons. The number of hydrogen-bond donors (Lipinski definition) is 2. The van der Waals surface area contributed by atoms with Crippen molar-refractivity contribution in [1.82, 2.24) is 5.32 Å². The van der Waals surface area contributed by atoms with Crippen LogP contribution in [0.25, 0.3) is 11.0 Å². The maximum Gasteiger partial charge on any atom is 0.328 e. The normalized spacial score (nSPS) is 16.1. The number of benzene rings is 1. The molecule has 2 aromatic rings. The largest absolute Gasteiger partial charge is 0.462 e. The van der Waals surface area contributed by atoms with Gasteiger partial charge >= 0.3 is 6.03 Å². The van der Waals surface area contributed by atoms with Gasteiger partial charge in [0, 0.05) is 24.0 Å². The zero-order valence-electron chi connectivity index (χ0n) is 9.47. The first kappa shape index (κ1) is 10.6. The van der Waals surface area contributed by atoms with Crippen LogP contribution in [0.5, 0.6) is 0 Å². The predicted octanol–water partition coefficient (Wildman–Crippen LogP) is 1.46. The zero-order chi connectivity index (χ0) is 12.7. The molecule has 6 nitrogen and oxygen atoms in total. The Kier molecular flexibility index (Phi) is 2.22. The van der Waals surface area contributed by atoms with Gasteiger partial charge in [0.25, 0.3) is 0 Å². The average molecular weight is 245 g/mol. The quantitative estimate of drug-likeness (QED) is 0.744. The van der Waals surface area contributed by atoms with Crippen LogP contribution in [0.15, 0.2) is 28.9 Å². The van der Waals surface area contributed by atoms with Crippen LogP contribution >= 0.6 is 0 Å². The summed E-state index contributed by atoms with van der Waals surface area (Å²) in [5.41, 5.74) is 7.60. The Bertz CT molecular complexity index is 647. The fourth-order valence-corrected chi connectivity index (χ4v) is 2.04. The molecule has 1 aromatic heterocycles. The molecule has 0 atom stereocenters. The molecular weight excluding hydrogens is 234 g/mol. The van der Waals surface area contributed by atoms with Gasteiger partial charge in [0.1, 0.15) is 11.8 Å². The molecule has 0 bridgehead atoms. The van der Waals surface area contributed by atoms with E-state index >= 15 is 0 Å². The zero-order valence-corrected chi connectivity index (χ0v) is 9.47. The molecule has 6 heteroatoms.